The molecule has 0 aromatic heterocycles. The highest BCUT2D eigenvalue weighted by Gasteiger charge is 1.96. The smallest absolute Gasteiger partial charge is 0.0666 e. The zero-order valence-electron chi connectivity index (χ0n) is 4.79. The fourth-order valence-corrected chi connectivity index (χ4v) is 0.564. The molecule has 2 heteroatoms. The van der Waals surface area contributed by atoms with E-state index in [9.17, 15) is 5.21 Å². The summed E-state index contributed by atoms with van der Waals surface area (Å²) in [6.07, 6.45) is 5.23. The van der Waals surface area contributed by atoms with Gasteiger partial charge in [-0.15, -0.1) is 0 Å². The molecule has 1 aliphatic heterocycles. The molecule has 0 saturated heterocycles. The molecule has 8 heavy (non-hydrogen) atoms. The van der Waals surface area contributed by atoms with Crippen molar-refractivity contribution in [1.29, 1.82) is 0 Å². The van der Waals surface area contributed by atoms with E-state index in [-0.39, 0.29) is 0 Å². The molecule has 0 unspecified atom stereocenters. The lowest BCUT2D eigenvalue weighted by atomic mass is 10.2. The van der Waals surface area contributed by atoms with Crippen LogP contribution in [0.4, 0.5) is 0 Å². The Kier molecular flexibility index (Phi) is 1.35. The standard InChI is InChI=1S/C6H8NO/c1-6-2-4-7(8)5-3-6/h2-4H,5H2,1H3. The third-order valence-corrected chi connectivity index (χ3v) is 1.10. The van der Waals surface area contributed by atoms with Gasteiger partial charge < -0.3 is 0 Å². The topological polar surface area (TPSA) is 23.1 Å². The van der Waals surface area contributed by atoms with Crippen LogP contribution >= 0.6 is 0 Å². The fourth-order valence-electron chi connectivity index (χ4n) is 0.564. The fraction of sp³-hybridized carbons (Fsp3) is 0.333. The van der Waals surface area contributed by atoms with Gasteiger partial charge in [0.05, 0.1) is 6.54 Å². The molecule has 0 fully saturated rings. The first-order valence-electron chi connectivity index (χ1n) is 2.58. The second kappa shape index (κ2) is 2.01. The van der Waals surface area contributed by atoms with Crippen molar-refractivity contribution in [2.45, 2.75) is 6.92 Å². The van der Waals surface area contributed by atoms with Gasteiger partial charge in [0.25, 0.3) is 0 Å². The highest BCUT2D eigenvalue weighted by molar-refractivity contribution is 5.18. The lowest BCUT2D eigenvalue weighted by Crippen LogP contribution is -2.11. The minimum absolute atomic E-state index is 0.502. The Balaban J connectivity index is 2.58. The van der Waals surface area contributed by atoms with Crippen LogP contribution in [0.1, 0.15) is 6.92 Å². The third-order valence-electron chi connectivity index (χ3n) is 1.10. The van der Waals surface area contributed by atoms with Crippen LogP contribution in [0.3, 0.4) is 0 Å². The SMILES string of the molecule is CC1=CCN([O])C=C1. The van der Waals surface area contributed by atoms with Crippen molar-refractivity contribution in [2.24, 2.45) is 0 Å². The van der Waals surface area contributed by atoms with Crippen LogP contribution in [0.25, 0.3) is 0 Å². The first-order chi connectivity index (χ1) is 3.79. The number of nitrogens with zero attached hydrogens (tertiary/aromatic N) is 1. The van der Waals surface area contributed by atoms with Crippen molar-refractivity contribution in [2.75, 3.05) is 6.54 Å². The predicted molar refractivity (Wildman–Crippen MR) is 30.3 cm³/mol. The lowest BCUT2D eigenvalue weighted by Gasteiger charge is -2.09. The molecule has 2 nitrogen and oxygen atoms in total. The Hall–Kier alpha value is -0.760. The van der Waals surface area contributed by atoms with Crippen molar-refractivity contribution < 1.29 is 5.21 Å². The quantitative estimate of drug-likeness (QED) is 0.458. The second-order valence-electron chi connectivity index (χ2n) is 1.86. The first-order valence-corrected chi connectivity index (χ1v) is 2.58. The summed E-state index contributed by atoms with van der Waals surface area (Å²) in [7, 11) is 0. The van der Waals surface area contributed by atoms with Crippen LogP contribution in [0.5, 0.6) is 0 Å². The van der Waals surface area contributed by atoms with E-state index < -0.39 is 0 Å². The summed E-state index contributed by atoms with van der Waals surface area (Å²) in [5.74, 6) is 0. The highest BCUT2D eigenvalue weighted by atomic mass is 16.5. The largest absolute Gasteiger partial charge is 0.224 e. The Morgan fingerprint density at radius 2 is 2.50 bits per heavy atom. The molecule has 43 valence electrons. The number of hydroxylamine groups is 2. The summed E-state index contributed by atoms with van der Waals surface area (Å²) in [6, 6.07) is 0. The van der Waals surface area contributed by atoms with Gasteiger partial charge in [0, 0.05) is 6.20 Å². The molecule has 0 atom stereocenters. The van der Waals surface area contributed by atoms with Crippen molar-refractivity contribution in [3.63, 3.8) is 0 Å². The van der Waals surface area contributed by atoms with Crippen molar-refractivity contribution >= 4 is 0 Å². The molecule has 0 spiro atoms. The van der Waals surface area contributed by atoms with Crippen molar-refractivity contribution in [3.8, 4) is 0 Å². The molecule has 0 aromatic rings. The van der Waals surface area contributed by atoms with Gasteiger partial charge in [0.1, 0.15) is 0 Å². The summed E-state index contributed by atoms with van der Waals surface area (Å²) in [6.45, 7) is 2.48. The van der Waals surface area contributed by atoms with Gasteiger partial charge in [-0.25, -0.2) is 5.06 Å². The number of hydrogen-bond donors (Lipinski definition) is 0. The average molecular weight is 110 g/mol. The predicted octanol–water partition coefficient (Wildman–Crippen LogP) is 1.11. The van der Waals surface area contributed by atoms with Crippen molar-refractivity contribution in [1.82, 2.24) is 5.06 Å². The van der Waals surface area contributed by atoms with E-state index in [1.165, 1.54) is 6.20 Å². The first kappa shape index (κ1) is 5.38. The molecule has 0 amide bonds. The Labute approximate surface area is 48.7 Å². The summed E-state index contributed by atoms with van der Waals surface area (Å²) in [4.78, 5) is 0. The van der Waals surface area contributed by atoms with E-state index in [0.717, 1.165) is 10.6 Å². The molecule has 0 aliphatic carbocycles. The van der Waals surface area contributed by atoms with E-state index in [1.54, 1.807) is 6.08 Å². The highest BCUT2D eigenvalue weighted by Crippen LogP contribution is 2.02. The summed E-state index contributed by atoms with van der Waals surface area (Å²) in [5.41, 5.74) is 1.16. The monoisotopic (exact) mass is 110 g/mol. The molecule has 1 radical (unpaired) electrons. The minimum Gasteiger partial charge on any atom is -0.224 e. The van der Waals surface area contributed by atoms with Crippen LogP contribution in [-0.4, -0.2) is 11.6 Å². The summed E-state index contributed by atoms with van der Waals surface area (Å²) < 4.78 is 0. The maximum absolute atomic E-state index is 10.4. The molecule has 0 aromatic carbocycles. The Morgan fingerprint density at radius 1 is 1.75 bits per heavy atom. The minimum atomic E-state index is 0.502. The number of allylic oxidation sites excluding steroid dienone is 2. The average Bonchev–Trinajstić information content (AvgIpc) is 1.77. The maximum atomic E-state index is 10.4. The van der Waals surface area contributed by atoms with Crippen LogP contribution in [0.2, 0.25) is 0 Å². The molecule has 0 bridgehead atoms. The van der Waals surface area contributed by atoms with E-state index in [1.807, 2.05) is 13.0 Å². The van der Waals surface area contributed by atoms with Crippen LogP contribution < -0.4 is 0 Å². The maximum Gasteiger partial charge on any atom is 0.0666 e. The zero-order valence-corrected chi connectivity index (χ0v) is 4.79. The van der Waals surface area contributed by atoms with Crippen LogP contribution in [-0.2, 0) is 5.21 Å². The molecule has 0 saturated carbocycles. The Bertz CT molecular complexity index is 137. The van der Waals surface area contributed by atoms with Crippen LogP contribution in [0, 0.1) is 0 Å². The molecule has 1 aliphatic rings. The van der Waals surface area contributed by atoms with E-state index in [0.29, 0.717) is 6.54 Å². The third kappa shape index (κ3) is 1.10. The number of rotatable bonds is 0. The molecule has 0 N–H and O–H groups in total. The van der Waals surface area contributed by atoms with Gasteiger partial charge in [0.2, 0.25) is 0 Å². The molecule has 1 heterocycles. The molecule has 1 rings (SSSR count). The lowest BCUT2D eigenvalue weighted by molar-refractivity contribution is -0.105. The Morgan fingerprint density at radius 3 is 2.88 bits per heavy atom. The van der Waals surface area contributed by atoms with Gasteiger partial charge in [0.15, 0.2) is 0 Å². The van der Waals surface area contributed by atoms with Gasteiger partial charge in [-0.05, 0) is 13.0 Å². The van der Waals surface area contributed by atoms with Gasteiger partial charge in [-0.3, -0.25) is 0 Å². The van der Waals surface area contributed by atoms with E-state index in [2.05, 4.69) is 0 Å². The second-order valence-corrected chi connectivity index (χ2v) is 1.86. The zero-order chi connectivity index (χ0) is 5.98. The molecular formula is C6H8NO. The molecular weight excluding hydrogens is 102 g/mol. The number of hydrogen-bond acceptors (Lipinski definition) is 1. The van der Waals surface area contributed by atoms with Gasteiger partial charge in [-0.2, -0.15) is 0 Å². The normalized spacial score (nSPS) is 18.8. The van der Waals surface area contributed by atoms with Crippen LogP contribution in [0.15, 0.2) is 23.9 Å². The summed E-state index contributed by atoms with van der Waals surface area (Å²) in [5, 5.41) is 11.3. The van der Waals surface area contributed by atoms with Gasteiger partial charge >= 0.3 is 0 Å². The van der Waals surface area contributed by atoms with E-state index >= 15 is 0 Å². The van der Waals surface area contributed by atoms with E-state index in [4.69, 9.17) is 0 Å². The summed E-state index contributed by atoms with van der Waals surface area (Å²) >= 11 is 0. The van der Waals surface area contributed by atoms with Crippen molar-refractivity contribution in [3.05, 3.63) is 23.9 Å². The van der Waals surface area contributed by atoms with Gasteiger partial charge in [-0.1, -0.05) is 16.9 Å².